The van der Waals surface area contributed by atoms with E-state index < -0.39 is 5.82 Å². The Bertz CT molecular complexity index is 644. The molecule has 2 rings (SSSR count). The number of carbonyl (C=O) groups is 1. The van der Waals surface area contributed by atoms with Gasteiger partial charge in [0.2, 0.25) is 0 Å². The number of aromatic nitrogens is 1. The lowest BCUT2D eigenvalue weighted by Crippen LogP contribution is -2.11. The molecule has 0 aliphatic heterocycles. The average molecular weight is 276 g/mol. The van der Waals surface area contributed by atoms with Gasteiger partial charge in [-0.2, -0.15) is 0 Å². The van der Waals surface area contributed by atoms with Gasteiger partial charge in [0.15, 0.2) is 0 Å². The van der Waals surface area contributed by atoms with Crippen LogP contribution < -0.4 is 5.32 Å². The van der Waals surface area contributed by atoms with Crippen molar-refractivity contribution in [3.8, 4) is 11.8 Å². The van der Waals surface area contributed by atoms with E-state index in [9.17, 15) is 9.18 Å². The minimum absolute atomic E-state index is 0.312. The quantitative estimate of drug-likeness (QED) is 0.823. The Kier molecular flexibility index (Phi) is 4.23. The summed E-state index contributed by atoms with van der Waals surface area (Å²) in [7, 11) is 0. The molecule has 6 heteroatoms. The summed E-state index contributed by atoms with van der Waals surface area (Å²) in [5.41, 5.74) is 2.25. The number of anilines is 1. The van der Waals surface area contributed by atoms with Gasteiger partial charge in [-0.1, -0.05) is 11.8 Å². The van der Waals surface area contributed by atoms with E-state index in [0.29, 0.717) is 16.1 Å². The molecule has 1 aromatic carbocycles. The summed E-state index contributed by atoms with van der Waals surface area (Å²) >= 11 is 1.20. The summed E-state index contributed by atoms with van der Waals surface area (Å²) in [5, 5.41) is 11.3. The van der Waals surface area contributed by atoms with Gasteiger partial charge >= 0.3 is 0 Å². The van der Waals surface area contributed by atoms with E-state index >= 15 is 0 Å². The van der Waals surface area contributed by atoms with Crippen LogP contribution in [0.15, 0.2) is 29.9 Å². The highest BCUT2D eigenvalue weighted by molar-refractivity contribution is 7.11. The maximum absolute atomic E-state index is 13.1. The molecule has 0 saturated heterocycles. The van der Waals surface area contributed by atoms with Crippen molar-refractivity contribution < 1.29 is 14.3 Å². The van der Waals surface area contributed by atoms with Crippen LogP contribution in [0.5, 0.6) is 0 Å². The number of hydrogen-bond acceptors (Lipinski definition) is 4. The van der Waals surface area contributed by atoms with Crippen molar-refractivity contribution >= 4 is 22.9 Å². The zero-order chi connectivity index (χ0) is 13.7. The normalized spacial score (nSPS) is 9.58. The number of aliphatic hydroxyl groups excluding tert-OH is 1. The van der Waals surface area contributed by atoms with Crippen molar-refractivity contribution in [2.75, 3.05) is 11.9 Å². The van der Waals surface area contributed by atoms with E-state index in [1.54, 1.807) is 5.51 Å². The number of hydrogen-bond donors (Lipinski definition) is 2. The molecule has 19 heavy (non-hydrogen) atoms. The van der Waals surface area contributed by atoms with Crippen LogP contribution in [0.1, 0.15) is 15.2 Å². The molecule has 0 spiro atoms. The number of aliphatic hydroxyl groups is 1. The molecule has 1 aromatic heterocycles. The van der Waals surface area contributed by atoms with Gasteiger partial charge in [0.05, 0.1) is 23.0 Å². The average Bonchev–Trinajstić information content (AvgIpc) is 2.93. The van der Waals surface area contributed by atoms with Crippen LogP contribution in [-0.2, 0) is 0 Å². The number of nitrogens with zero attached hydrogens (tertiary/aromatic N) is 1. The van der Waals surface area contributed by atoms with Crippen molar-refractivity contribution in [1.82, 2.24) is 4.98 Å². The largest absolute Gasteiger partial charge is 0.384 e. The Balaban J connectivity index is 2.27. The maximum atomic E-state index is 13.1. The lowest BCUT2D eigenvalue weighted by molar-refractivity contribution is 0.103. The van der Waals surface area contributed by atoms with Crippen LogP contribution >= 0.6 is 11.3 Å². The van der Waals surface area contributed by atoms with Gasteiger partial charge in [-0.25, -0.2) is 4.39 Å². The Morgan fingerprint density at radius 1 is 1.53 bits per heavy atom. The number of rotatable bonds is 2. The lowest BCUT2D eigenvalue weighted by Gasteiger charge is -2.06. The van der Waals surface area contributed by atoms with E-state index in [1.807, 2.05) is 0 Å². The minimum atomic E-state index is -0.460. The monoisotopic (exact) mass is 276 g/mol. The fraction of sp³-hybridized carbons (Fsp3) is 0.0769. The summed E-state index contributed by atoms with van der Waals surface area (Å²) in [5.74, 6) is 4.21. The van der Waals surface area contributed by atoms with Gasteiger partial charge in [0, 0.05) is 0 Å². The van der Waals surface area contributed by atoms with Crippen LogP contribution in [0.2, 0.25) is 0 Å². The predicted molar refractivity (Wildman–Crippen MR) is 70.4 cm³/mol. The highest BCUT2D eigenvalue weighted by atomic mass is 32.1. The standard InChI is InChI=1S/C13H9FN2O2S/c14-10-3-4-11(9(6-10)2-1-5-17)16-13(18)12-7-15-8-19-12/h3-4,6-8,17H,5H2,(H,16,18). The van der Waals surface area contributed by atoms with Gasteiger partial charge in [-0.15, -0.1) is 11.3 Å². The molecule has 4 nitrogen and oxygen atoms in total. The third kappa shape index (κ3) is 3.37. The molecule has 2 aromatic rings. The summed E-state index contributed by atoms with van der Waals surface area (Å²) in [6, 6.07) is 3.85. The number of carbonyl (C=O) groups excluding carboxylic acids is 1. The first-order valence-electron chi connectivity index (χ1n) is 5.30. The molecule has 0 radical (unpaired) electrons. The molecule has 0 fully saturated rings. The van der Waals surface area contributed by atoms with E-state index in [1.165, 1.54) is 35.7 Å². The van der Waals surface area contributed by atoms with Crippen LogP contribution in [0.25, 0.3) is 0 Å². The molecule has 0 unspecified atom stereocenters. The van der Waals surface area contributed by atoms with Crippen LogP contribution in [-0.4, -0.2) is 22.6 Å². The molecule has 2 N–H and O–H groups in total. The maximum Gasteiger partial charge on any atom is 0.267 e. The van der Waals surface area contributed by atoms with E-state index in [2.05, 4.69) is 22.1 Å². The highest BCUT2D eigenvalue weighted by Crippen LogP contribution is 2.18. The third-order valence-corrected chi connectivity index (χ3v) is 2.96. The Hall–Kier alpha value is -2.23. The van der Waals surface area contributed by atoms with Crippen LogP contribution in [0, 0.1) is 17.7 Å². The van der Waals surface area contributed by atoms with Crippen molar-refractivity contribution in [1.29, 1.82) is 0 Å². The molecule has 0 atom stereocenters. The zero-order valence-electron chi connectivity index (χ0n) is 9.68. The SMILES string of the molecule is O=C(Nc1ccc(F)cc1C#CCO)c1cncs1. The Morgan fingerprint density at radius 3 is 3.05 bits per heavy atom. The summed E-state index contributed by atoms with van der Waals surface area (Å²) in [6.45, 7) is -0.335. The summed E-state index contributed by atoms with van der Waals surface area (Å²) < 4.78 is 13.1. The van der Waals surface area contributed by atoms with E-state index in [0.717, 1.165) is 0 Å². The number of amides is 1. The highest BCUT2D eigenvalue weighted by Gasteiger charge is 2.10. The smallest absolute Gasteiger partial charge is 0.267 e. The Morgan fingerprint density at radius 2 is 2.37 bits per heavy atom. The summed E-state index contributed by atoms with van der Waals surface area (Å²) in [4.78, 5) is 16.1. The molecule has 1 heterocycles. The molecular weight excluding hydrogens is 267 g/mol. The van der Waals surface area contributed by atoms with Gasteiger partial charge in [0.1, 0.15) is 17.3 Å². The number of nitrogens with one attached hydrogen (secondary N) is 1. The first-order chi connectivity index (χ1) is 9.20. The second-order valence-electron chi connectivity index (χ2n) is 3.47. The van der Waals surface area contributed by atoms with Crippen molar-refractivity contribution in [2.45, 2.75) is 0 Å². The second kappa shape index (κ2) is 6.09. The molecule has 1 amide bonds. The molecule has 96 valence electrons. The van der Waals surface area contributed by atoms with Gasteiger partial charge in [0.25, 0.3) is 5.91 Å². The Labute approximate surface area is 112 Å². The first kappa shape index (κ1) is 13.2. The number of halogens is 1. The van der Waals surface area contributed by atoms with Crippen LogP contribution in [0.3, 0.4) is 0 Å². The van der Waals surface area contributed by atoms with E-state index in [-0.39, 0.29) is 12.5 Å². The van der Waals surface area contributed by atoms with Crippen LogP contribution in [0.4, 0.5) is 10.1 Å². The van der Waals surface area contributed by atoms with Gasteiger partial charge in [-0.05, 0) is 18.2 Å². The third-order valence-electron chi connectivity index (χ3n) is 2.19. The molecule has 0 saturated carbocycles. The minimum Gasteiger partial charge on any atom is -0.384 e. The molecule has 0 aliphatic carbocycles. The molecular formula is C13H9FN2O2S. The van der Waals surface area contributed by atoms with Crippen molar-refractivity contribution in [3.63, 3.8) is 0 Å². The first-order valence-corrected chi connectivity index (χ1v) is 6.18. The van der Waals surface area contributed by atoms with Gasteiger partial charge < -0.3 is 10.4 Å². The van der Waals surface area contributed by atoms with Gasteiger partial charge in [-0.3, -0.25) is 9.78 Å². The second-order valence-corrected chi connectivity index (χ2v) is 4.36. The fourth-order valence-corrected chi connectivity index (χ4v) is 1.89. The predicted octanol–water partition coefficient (Wildman–Crippen LogP) is 1.88. The summed E-state index contributed by atoms with van der Waals surface area (Å²) in [6.07, 6.45) is 1.45. The fourth-order valence-electron chi connectivity index (χ4n) is 1.38. The van der Waals surface area contributed by atoms with Crippen molar-refractivity contribution in [3.05, 3.63) is 46.2 Å². The topological polar surface area (TPSA) is 62.2 Å². The number of benzene rings is 1. The van der Waals surface area contributed by atoms with Crippen molar-refractivity contribution in [2.24, 2.45) is 0 Å². The molecule has 0 aliphatic rings. The van der Waals surface area contributed by atoms with E-state index in [4.69, 9.17) is 5.11 Å². The lowest BCUT2D eigenvalue weighted by atomic mass is 10.1. The number of thiazole rings is 1. The zero-order valence-corrected chi connectivity index (χ0v) is 10.5. The molecule has 0 bridgehead atoms.